The van der Waals surface area contributed by atoms with Crippen LogP contribution in [0.5, 0.6) is 0 Å². The van der Waals surface area contributed by atoms with Gasteiger partial charge < -0.3 is 9.80 Å². The van der Waals surface area contributed by atoms with Gasteiger partial charge in [-0.25, -0.2) is 0 Å². The molecule has 6 heteroatoms. The van der Waals surface area contributed by atoms with Gasteiger partial charge in [-0.3, -0.25) is 9.59 Å². The summed E-state index contributed by atoms with van der Waals surface area (Å²) in [6.45, 7) is 5.49. The number of hydrogen-bond acceptors (Lipinski definition) is 3. The lowest BCUT2D eigenvalue weighted by atomic mass is 9.90. The Hall–Kier alpha value is -1.85. The standard InChI is InChI=1S/C22H27ClN2O2S/c1-3-4-11-24(20(26)14-23)15-21(27)25-12-9-19-18(10-13-28-19)22(25)17-8-6-5-7-16(17)2/h5-8,10,13,22H,3-4,9,11-12,14-15H2,1-2H3/t22-/m0/s1. The summed E-state index contributed by atoms with van der Waals surface area (Å²) in [4.78, 5) is 30.4. The van der Waals surface area contributed by atoms with Crippen molar-refractivity contribution in [1.82, 2.24) is 9.80 Å². The van der Waals surface area contributed by atoms with Crippen molar-refractivity contribution in [2.75, 3.05) is 25.5 Å². The fourth-order valence-electron chi connectivity index (χ4n) is 3.79. The lowest BCUT2D eigenvalue weighted by Gasteiger charge is -2.38. The Kier molecular flexibility index (Phi) is 7.13. The summed E-state index contributed by atoms with van der Waals surface area (Å²) in [5.74, 6) is -0.281. The molecule has 0 N–H and O–H groups in total. The highest BCUT2D eigenvalue weighted by Gasteiger charge is 2.34. The monoisotopic (exact) mass is 418 g/mol. The molecular weight excluding hydrogens is 392 g/mol. The van der Waals surface area contributed by atoms with Crippen LogP contribution >= 0.6 is 22.9 Å². The Balaban J connectivity index is 1.89. The molecule has 3 rings (SSSR count). The number of thiophene rings is 1. The number of carbonyl (C=O) groups excluding carboxylic acids is 2. The predicted octanol–water partition coefficient (Wildman–Crippen LogP) is 4.40. The maximum absolute atomic E-state index is 13.3. The van der Waals surface area contributed by atoms with E-state index in [2.05, 4.69) is 37.4 Å². The molecule has 0 spiro atoms. The lowest BCUT2D eigenvalue weighted by Crippen LogP contribution is -2.47. The van der Waals surface area contributed by atoms with E-state index < -0.39 is 0 Å². The van der Waals surface area contributed by atoms with E-state index in [9.17, 15) is 9.59 Å². The van der Waals surface area contributed by atoms with Gasteiger partial charge >= 0.3 is 0 Å². The molecule has 28 heavy (non-hydrogen) atoms. The van der Waals surface area contributed by atoms with E-state index in [-0.39, 0.29) is 30.3 Å². The largest absolute Gasteiger partial charge is 0.332 e. The second-order valence-electron chi connectivity index (χ2n) is 7.20. The summed E-state index contributed by atoms with van der Waals surface area (Å²) in [7, 11) is 0. The lowest BCUT2D eigenvalue weighted by molar-refractivity contribution is -0.140. The van der Waals surface area contributed by atoms with Crippen molar-refractivity contribution in [3.8, 4) is 0 Å². The van der Waals surface area contributed by atoms with Gasteiger partial charge in [0.2, 0.25) is 11.8 Å². The van der Waals surface area contributed by atoms with Crippen LogP contribution in [-0.2, 0) is 16.0 Å². The highest BCUT2D eigenvalue weighted by molar-refractivity contribution is 7.10. The molecule has 150 valence electrons. The molecule has 1 aliphatic heterocycles. The minimum Gasteiger partial charge on any atom is -0.332 e. The predicted molar refractivity (Wildman–Crippen MR) is 115 cm³/mol. The average molecular weight is 419 g/mol. The molecule has 1 aromatic carbocycles. The number of halogens is 1. The first kappa shape index (κ1) is 20.9. The molecule has 0 unspecified atom stereocenters. The number of amides is 2. The molecule has 2 aromatic rings. The SMILES string of the molecule is CCCCN(CC(=O)N1CCc2sccc2[C@@H]1c1ccccc1C)C(=O)CCl. The number of carbonyl (C=O) groups is 2. The molecular formula is C22H27ClN2O2S. The van der Waals surface area contributed by atoms with Gasteiger partial charge in [-0.1, -0.05) is 37.6 Å². The zero-order valence-corrected chi connectivity index (χ0v) is 18.1. The number of hydrogen-bond donors (Lipinski definition) is 0. The van der Waals surface area contributed by atoms with Crippen molar-refractivity contribution >= 4 is 34.8 Å². The zero-order valence-electron chi connectivity index (χ0n) is 16.5. The first-order chi connectivity index (χ1) is 13.6. The van der Waals surface area contributed by atoms with Crippen LogP contribution in [0.2, 0.25) is 0 Å². The maximum Gasteiger partial charge on any atom is 0.242 e. The minimum atomic E-state index is -0.177. The second kappa shape index (κ2) is 9.57. The van der Waals surface area contributed by atoms with Gasteiger partial charge in [0.25, 0.3) is 0 Å². The first-order valence-corrected chi connectivity index (χ1v) is 11.2. The molecule has 1 aliphatic rings. The zero-order chi connectivity index (χ0) is 20.1. The Morgan fingerprint density at radius 1 is 1.25 bits per heavy atom. The highest BCUT2D eigenvalue weighted by Crippen LogP contribution is 2.38. The van der Waals surface area contributed by atoms with Gasteiger partial charge in [-0.2, -0.15) is 0 Å². The van der Waals surface area contributed by atoms with Gasteiger partial charge in [-0.05, 0) is 47.9 Å². The van der Waals surface area contributed by atoms with Crippen molar-refractivity contribution < 1.29 is 9.59 Å². The van der Waals surface area contributed by atoms with Gasteiger partial charge in [0.15, 0.2) is 0 Å². The minimum absolute atomic E-state index is 0.0142. The normalized spacial score (nSPS) is 16.0. The molecule has 0 saturated heterocycles. The number of nitrogens with zero attached hydrogens (tertiary/aromatic N) is 2. The van der Waals surface area contributed by atoms with Crippen LogP contribution in [0.3, 0.4) is 0 Å². The van der Waals surface area contributed by atoms with Gasteiger partial charge in [-0.15, -0.1) is 22.9 Å². The molecule has 0 fully saturated rings. The topological polar surface area (TPSA) is 40.6 Å². The first-order valence-electron chi connectivity index (χ1n) is 9.81. The Labute approximate surface area is 176 Å². The van der Waals surface area contributed by atoms with E-state index >= 15 is 0 Å². The van der Waals surface area contributed by atoms with Gasteiger partial charge in [0.05, 0.1) is 12.6 Å². The maximum atomic E-state index is 13.3. The van der Waals surface area contributed by atoms with E-state index in [1.165, 1.54) is 16.0 Å². The summed E-state index contributed by atoms with van der Waals surface area (Å²) < 4.78 is 0. The number of benzene rings is 1. The highest BCUT2D eigenvalue weighted by atomic mass is 35.5. The fraction of sp³-hybridized carbons (Fsp3) is 0.455. The number of unbranched alkanes of at least 4 members (excludes halogenated alkanes) is 1. The van der Waals surface area contributed by atoms with Crippen LogP contribution in [0.4, 0.5) is 0 Å². The molecule has 2 heterocycles. The van der Waals surface area contributed by atoms with E-state index in [0.717, 1.165) is 24.8 Å². The molecule has 0 saturated carbocycles. The second-order valence-corrected chi connectivity index (χ2v) is 8.47. The summed E-state index contributed by atoms with van der Waals surface area (Å²) in [6, 6.07) is 10.3. The smallest absolute Gasteiger partial charge is 0.242 e. The van der Waals surface area contributed by atoms with Crippen LogP contribution in [-0.4, -0.2) is 47.1 Å². The molecule has 2 amide bonds. The molecule has 1 aromatic heterocycles. The van der Waals surface area contributed by atoms with Crippen LogP contribution in [0, 0.1) is 6.92 Å². The Bertz CT molecular complexity index is 835. The summed E-state index contributed by atoms with van der Waals surface area (Å²) >= 11 is 7.53. The van der Waals surface area contributed by atoms with Crippen molar-refractivity contribution in [3.05, 3.63) is 57.3 Å². The fourth-order valence-corrected chi connectivity index (χ4v) is 4.87. The molecule has 0 bridgehead atoms. The summed E-state index contributed by atoms with van der Waals surface area (Å²) in [5, 5.41) is 2.11. The summed E-state index contributed by atoms with van der Waals surface area (Å²) in [5.41, 5.74) is 3.53. The third kappa shape index (κ3) is 4.41. The molecule has 1 atom stereocenters. The van der Waals surface area contributed by atoms with Crippen LogP contribution in [0.15, 0.2) is 35.7 Å². The Morgan fingerprint density at radius 2 is 2.04 bits per heavy atom. The van der Waals surface area contributed by atoms with Crippen molar-refractivity contribution in [2.45, 2.75) is 39.2 Å². The van der Waals surface area contributed by atoms with Gasteiger partial charge in [0.1, 0.15) is 5.88 Å². The number of fused-ring (bicyclic) bond motifs is 1. The van der Waals surface area contributed by atoms with E-state index in [0.29, 0.717) is 13.1 Å². The van der Waals surface area contributed by atoms with E-state index in [1.807, 2.05) is 17.0 Å². The van der Waals surface area contributed by atoms with Crippen LogP contribution in [0.25, 0.3) is 0 Å². The third-order valence-corrected chi connectivity index (χ3v) is 6.57. The van der Waals surface area contributed by atoms with E-state index in [4.69, 9.17) is 11.6 Å². The van der Waals surface area contributed by atoms with Crippen molar-refractivity contribution in [2.24, 2.45) is 0 Å². The van der Waals surface area contributed by atoms with E-state index in [1.54, 1.807) is 16.2 Å². The Morgan fingerprint density at radius 3 is 2.75 bits per heavy atom. The van der Waals surface area contributed by atoms with Crippen LogP contribution < -0.4 is 0 Å². The number of rotatable bonds is 7. The molecule has 0 radical (unpaired) electrons. The summed E-state index contributed by atoms with van der Waals surface area (Å²) in [6.07, 6.45) is 2.69. The van der Waals surface area contributed by atoms with Crippen molar-refractivity contribution in [3.63, 3.8) is 0 Å². The number of aryl methyl sites for hydroxylation is 1. The molecule has 0 aliphatic carbocycles. The van der Waals surface area contributed by atoms with Crippen LogP contribution in [0.1, 0.15) is 47.4 Å². The molecule has 4 nitrogen and oxygen atoms in total. The third-order valence-electron chi connectivity index (χ3n) is 5.34. The van der Waals surface area contributed by atoms with Gasteiger partial charge in [0, 0.05) is 18.0 Å². The number of alkyl halides is 1. The quantitative estimate of drug-likeness (QED) is 0.625. The average Bonchev–Trinajstić information content (AvgIpc) is 3.19. The van der Waals surface area contributed by atoms with Crippen molar-refractivity contribution in [1.29, 1.82) is 0 Å².